The number of thiazole rings is 1. The summed E-state index contributed by atoms with van der Waals surface area (Å²) in [6, 6.07) is 1.67. The predicted molar refractivity (Wildman–Crippen MR) is 72.8 cm³/mol. The number of nitrogen functional groups attached to an aromatic ring is 1. The number of aromatic nitrogens is 3. The number of methoxy groups -OCH3 is 1. The molecule has 102 valence electrons. The van der Waals surface area contributed by atoms with Crippen LogP contribution in [0.5, 0.6) is 0 Å². The average Bonchev–Trinajstić information content (AvgIpc) is 2.82. The van der Waals surface area contributed by atoms with Crippen molar-refractivity contribution in [1.82, 2.24) is 15.0 Å². The molecule has 0 aliphatic carbocycles. The predicted octanol–water partition coefficient (Wildman–Crippen LogP) is 0.270. The Morgan fingerprint density at radius 2 is 2.26 bits per heavy atom. The van der Waals surface area contributed by atoms with Gasteiger partial charge >= 0.3 is 4.87 Å². The number of rotatable bonds is 6. The largest absolute Gasteiger partial charge is 0.377 e. The van der Waals surface area contributed by atoms with Crippen LogP contribution >= 0.6 is 11.3 Å². The fraction of sp³-hybridized carbons (Fsp3) is 0.300. The maximum atomic E-state index is 11.0. The number of nitrogens with two attached hydrogens (primary N) is 1. The SMILES string of the molecule is COCc1nc(NN)cc(NCc2csc(=O)[nH]2)n1. The number of hydrogen-bond acceptors (Lipinski definition) is 8. The molecule has 0 radical (unpaired) electrons. The maximum Gasteiger partial charge on any atom is 0.304 e. The Bertz CT molecular complexity index is 596. The van der Waals surface area contributed by atoms with Crippen LogP contribution in [0.2, 0.25) is 0 Å². The lowest BCUT2D eigenvalue weighted by atomic mass is 10.4. The summed E-state index contributed by atoms with van der Waals surface area (Å²) in [7, 11) is 1.56. The van der Waals surface area contributed by atoms with Gasteiger partial charge in [-0.15, -0.1) is 0 Å². The van der Waals surface area contributed by atoms with Gasteiger partial charge in [0.05, 0.1) is 6.54 Å². The van der Waals surface area contributed by atoms with Crippen LogP contribution in [0.1, 0.15) is 11.5 Å². The van der Waals surface area contributed by atoms with E-state index in [1.54, 1.807) is 18.6 Å². The lowest BCUT2D eigenvalue weighted by Crippen LogP contribution is -2.13. The highest BCUT2D eigenvalue weighted by Crippen LogP contribution is 2.12. The van der Waals surface area contributed by atoms with Gasteiger partial charge in [-0.05, 0) is 0 Å². The van der Waals surface area contributed by atoms with E-state index in [4.69, 9.17) is 10.6 Å². The van der Waals surface area contributed by atoms with Gasteiger partial charge < -0.3 is 20.5 Å². The van der Waals surface area contributed by atoms with Crippen molar-refractivity contribution in [3.05, 3.63) is 32.6 Å². The summed E-state index contributed by atoms with van der Waals surface area (Å²) in [4.78, 5) is 22.0. The average molecular weight is 282 g/mol. The molecule has 0 amide bonds. The zero-order chi connectivity index (χ0) is 13.7. The van der Waals surface area contributed by atoms with E-state index in [1.807, 2.05) is 0 Å². The molecule has 5 N–H and O–H groups in total. The van der Waals surface area contributed by atoms with Gasteiger partial charge in [0.1, 0.15) is 18.2 Å². The smallest absolute Gasteiger partial charge is 0.304 e. The minimum atomic E-state index is -0.0797. The topological polar surface area (TPSA) is 118 Å². The number of hydrogen-bond donors (Lipinski definition) is 4. The molecular formula is C10H14N6O2S. The molecule has 2 aromatic rings. The fourth-order valence-corrected chi connectivity index (χ4v) is 2.02. The summed E-state index contributed by atoms with van der Waals surface area (Å²) < 4.78 is 4.98. The van der Waals surface area contributed by atoms with Crippen LogP contribution < -0.4 is 21.5 Å². The summed E-state index contributed by atoms with van der Waals surface area (Å²) >= 11 is 1.12. The minimum Gasteiger partial charge on any atom is -0.377 e. The van der Waals surface area contributed by atoms with Crippen molar-refractivity contribution >= 4 is 23.0 Å². The lowest BCUT2D eigenvalue weighted by molar-refractivity contribution is 0.178. The molecule has 0 aromatic carbocycles. The number of ether oxygens (including phenoxy) is 1. The molecule has 0 saturated heterocycles. The summed E-state index contributed by atoms with van der Waals surface area (Å²) in [5.74, 6) is 6.94. The molecule has 9 heteroatoms. The molecule has 2 heterocycles. The zero-order valence-electron chi connectivity index (χ0n) is 10.3. The minimum absolute atomic E-state index is 0.0797. The van der Waals surface area contributed by atoms with Crippen LogP contribution in [-0.4, -0.2) is 22.1 Å². The molecule has 0 atom stereocenters. The van der Waals surface area contributed by atoms with Crippen molar-refractivity contribution in [3.63, 3.8) is 0 Å². The normalized spacial score (nSPS) is 10.4. The molecule has 0 aliphatic rings. The van der Waals surface area contributed by atoms with Gasteiger partial charge in [-0.3, -0.25) is 4.79 Å². The second kappa shape index (κ2) is 6.27. The van der Waals surface area contributed by atoms with Gasteiger partial charge in [0.2, 0.25) is 0 Å². The number of H-pyrrole nitrogens is 1. The number of nitrogens with one attached hydrogen (secondary N) is 3. The van der Waals surface area contributed by atoms with E-state index in [0.29, 0.717) is 30.6 Å². The van der Waals surface area contributed by atoms with E-state index in [-0.39, 0.29) is 4.87 Å². The molecule has 0 unspecified atom stereocenters. The molecule has 0 spiro atoms. The van der Waals surface area contributed by atoms with E-state index in [1.165, 1.54) is 0 Å². The van der Waals surface area contributed by atoms with Gasteiger partial charge in [-0.1, -0.05) is 11.3 Å². The molecule has 2 rings (SSSR count). The second-order valence-corrected chi connectivity index (χ2v) is 4.50. The van der Waals surface area contributed by atoms with Crippen LogP contribution in [0, 0.1) is 0 Å². The maximum absolute atomic E-state index is 11.0. The van der Waals surface area contributed by atoms with Crippen molar-refractivity contribution in [2.75, 3.05) is 17.9 Å². The van der Waals surface area contributed by atoms with Crippen LogP contribution in [-0.2, 0) is 17.9 Å². The zero-order valence-corrected chi connectivity index (χ0v) is 11.1. The molecule has 0 aliphatic heterocycles. The Labute approximate surface area is 113 Å². The van der Waals surface area contributed by atoms with Crippen molar-refractivity contribution in [1.29, 1.82) is 0 Å². The molecule has 19 heavy (non-hydrogen) atoms. The number of anilines is 2. The van der Waals surface area contributed by atoms with E-state index in [2.05, 4.69) is 25.7 Å². The summed E-state index contributed by atoms with van der Waals surface area (Å²) in [6.07, 6.45) is 0. The first-order valence-electron chi connectivity index (χ1n) is 5.45. The Balaban J connectivity index is 2.10. The summed E-state index contributed by atoms with van der Waals surface area (Å²) in [6.45, 7) is 0.756. The van der Waals surface area contributed by atoms with E-state index in [9.17, 15) is 4.79 Å². The first-order chi connectivity index (χ1) is 9.21. The standard InChI is InChI=1S/C10H14N6O2S/c1-18-4-9-14-7(2-8(15-9)16-11)12-3-6-5-19-10(17)13-6/h2,5H,3-4,11H2,1H3,(H,13,17)(H2,12,14,15,16). The lowest BCUT2D eigenvalue weighted by Gasteiger charge is -2.08. The van der Waals surface area contributed by atoms with E-state index in [0.717, 1.165) is 17.0 Å². The molecule has 8 nitrogen and oxygen atoms in total. The number of hydrazine groups is 1. The summed E-state index contributed by atoms with van der Waals surface area (Å²) in [5.41, 5.74) is 3.26. The van der Waals surface area contributed by atoms with Gasteiger partial charge in [0.15, 0.2) is 5.82 Å². The monoisotopic (exact) mass is 282 g/mol. The highest BCUT2D eigenvalue weighted by atomic mass is 32.1. The Morgan fingerprint density at radius 3 is 2.89 bits per heavy atom. The Kier molecular flexibility index (Phi) is 4.44. The Morgan fingerprint density at radius 1 is 1.47 bits per heavy atom. The third kappa shape index (κ3) is 3.74. The van der Waals surface area contributed by atoms with Crippen LogP contribution in [0.3, 0.4) is 0 Å². The van der Waals surface area contributed by atoms with Gasteiger partial charge in [0.25, 0.3) is 0 Å². The first kappa shape index (κ1) is 13.5. The van der Waals surface area contributed by atoms with Crippen molar-refractivity contribution in [3.8, 4) is 0 Å². The third-order valence-electron chi connectivity index (χ3n) is 2.22. The second-order valence-electron chi connectivity index (χ2n) is 3.66. The Hall–Kier alpha value is -1.97. The third-order valence-corrected chi connectivity index (χ3v) is 2.94. The fourth-order valence-electron chi connectivity index (χ4n) is 1.44. The van der Waals surface area contributed by atoms with Crippen LogP contribution in [0.25, 0.3) is 0 Å². The van der Waals surface area contributed by atoms with Crippen molar-refractivity contribution in [2.45, 2.75) is 13.2 Å². The molecule has 0 bridgehead atoms. The molecule has 2 aromatic heterocycles. The molecule has 0 fully saturated rings. The van der Waals surface area contributed by atoms with Gasteiger partial charge in [-0.2, -0.15) is 0 Å². The van der Waals surface area contributed by atoms with Gasteiger partial charge in [0, 0.05) is 24.3 Å². The first-order valence-corrected chi connectivity index (χ1v) is 6.33. The molecular weight excluding hydrogens is 268 g/mol. The van der Waals surface area contributed by atoms with Gasteiger partial charge in [-0.25, -0.2) is 15.8 Å². The number of aromatic amines is 1. The highest BCUT2D eigenvalue weighted by molar-refractivity contribution is 7.07. The summed E-state index contributed by atoms with van der Waals surface area (Å²) in [5, 5.41) is 4.84. The van der Waals surface area contributed by atoms with Crippen LogP contribution in [0.4, 0.5) is 11.6 Å². The quantitative estimate of drug-likeness (QED) is 0.443. The number of nitrogens with zero attached hydrogens (tertiary/aromatic N) is 2. The highest BCUT2D eigenvalue weighted by Gasteiger charge is 2.04. The molecule has 0 saturated carbocycles. The van der Waals surface area contributed by atoms with Crippen molar-refractivity contribution in [2.24, 2.45) is 5.84 Å². The van der Waals surface area contributed by atoms with Crippen molar-refractivity contribution < 1.29 is 4.74 Å². The van der Waals surface area contributed by atoms with Crippen LogP contribution in [0.15, 0.2) is 16.2 Å². The van der Waals surface area contributed by atoms with E-state index >= 15 is 0 Å². The van der Waals surface area contributed by atoms with E-state index < -0.39 is 0 Å².